The topological polar surface area (TPSA) is 26.0 Å². The monoisotopic (exact) mass is 219 g/mol. The summed E-state index contributed by atoms with van der Waals surface area (Å²) in [4.78, 5) is -0.384. The van der Waals surface area contributed by atoms with E-state index in [1.54, 1.807) is 6.08 Å². The fraction of sp³-hybridized carbons (Fsp3) is 0.600. The van der Waals surface area contributed by atoms with E-state index in [4.69, 9.17) is 28.9 Å². The first kappa shape index (κ1) is 10.9. The molecule has 0 heterocycles. The van der Waals surface area contributed by atoms with E-state index in [0.29, 0.717) is 5.03 Å². The maximum absolute atomic E-state index is 6.43. The first-order valence-corrected chi connectivity index (χ1v) is 5.33. The van der Waals surface area contributed by atoms with E-state index in [1.165, 1.54) is 0 Å². The molecule has 1 nitrogen and oxygen atoms in total. The van der Waals surface area contributed by atoms with Crippen molar-refractivity contribution in [2.75, 3.05) is 0 Å². The van der Waals surface area contributed by atoms with Gasteiger partial charge in [0.05, 0.1) is 4.87 Å². The number of hydrogen-bond donors (Lipinski definition) is 1. The van der Waals surface area contributed by atoms with Crippen LogP contribution in [-0.4, -0.2) is 4.87 Å². The Labute approximate surface area is 89.6 Å². The third kappa shape index (κ3) is 2.03. The van der Waals surface area contributed by atoms with Crippen LogP contribution < -0.4 is 5.73 Å². The molecule has 2 N–H and O–H groups in total. The minimum Gasteiger partial charge on any atom is -0.402 e. The molecule has 0 radical (unpaired) electrons. The Morgan fingerprint density at radius 2 is 2.15 bits per heavy atom. The zero-order valence-electron chi connectivity index (χ0n) is 7.98. The van der Waals surface area contributed by atoms with Crippen molar-refractivity contribution in [3.05, 3.63) is 22.9 Å². The van der Waals surface area contributed by atoms with Crippen molar-refractivity contribution in [2.45, 2.75) is 31.6 Å². The summed E-state index contributed by atoms with van der Waals surface area (Å²) in [5, 5.41) is 0.652. The number of alkyl halides is 1. The van der Waals surface area contributed by atoms with E-state index in [1.807, 2.05) is 6.08 Å². The zero-order valence-corrected chi connectivity index (χ0v) is 9.49. The summed E-state index contributed by atoms with van der Waals surface area (Å²) < 4.78 is 0. The Hall–Kier alpha value is -0.140. The number of nitrogens with two attached hydrogens (primary N) is 1. The van der Waals surface area contributed by atoms with E-state index < -0.39 is 0 Å². The molecule has 13 heavy (non-hydrogen) atoms. The fourth-order valence-corrected chi connectivity index (χ4v) is 2.61. The molecule has 0 saturated carbocycles. The number of rotatable bonds is 2. The molecule has 0 saturated heterocycles. The van der Waals surface area contributed by atoms with E-state index in [-0.39, 0.29) is 10.8 Å². The average Bonchev–Trinajstić information content (AvgIpc) is 2.03. The van der Waals surface area contributed by atoms with Crippen LogP contribution >= 0.6 is 23.2 Å². The molecule has 2 atom stereocenters. The molecule has 1 aliphatic carbocycles. The highest BCUT2D eigenvalue weighted by Gasteiger charge is 2.36. The van der Waals surface area contributed by atoms with Gasteiger partial charge in [-0.05, 0) is 25.0 Å². The van der Waals surface area contributed by atoms with Crippen molar-refractivity contribution in [1.82, 2.24) is 0 Å². The Balaban J connectivity index is 3.03. The van der Waals surface area contributed by atoms with Crippen LogP contribution in [0.3, 0.4) is 0 Å². The summed E-state index contributed by atoms with van der Waals surface area (Å²) in [5.74, 6) is 0.210. The molecule has 0 bridgehead atoms. The smallest absolute Gasteiger partial charge is 0.0722 e. The van der Waals surface area contributed by atoms with Crippen molar-refractivity contribution in [3.63, 3.8) is 0 Å². The fourth-order valence-electron chi connectivity index (χ4n) is 1.83. The quantitative estimate of drug-likeness (QED) is 0.709. The summed E-state index contributed by atoms with van der Waals surface area (Å²) in [7, 11) is 0. The summed E-state index contributed by atoms with van der Waals surface area (Å²) >= 11 is 12.4. The molecule has 0 aromatic carbocycles. The van der Waals surface area contributed by atoms with E-state index in [2.05, 4.69) is 13.8 Å². The first-order chi connectivity index (χ1) is 6.03. The van der Waals surface area contributed by atoms with E-state index in [9.17, 15) is 0 Å². The maximum atomic E-state index is 6.43. The minimum atomic E-state index is -0.384. The minimum absolute atomic E-state index is 0.210. The molecule has 2 unspecified atom stereocenters. The van der Waals surface area contributed by atoms with Crippen LogP contribution in [0.25, 0.3) is 0 Å². The van der Waals surface area contributed by atoms with Gasteiger partial charge in [0.2, 0.25) is 0 Å². The van der Waals surface area contributed by atoms with Gasteiger partial charge in [-0.25, -0.2) is 0 Å². The highest BCUT2D eigenvalue weighted by atomic mass is 35.5. The zero-order chi connectivity index (χ0) is 10.1. The lowest BCUT2D eigenvalue weighted by Crippen LogP contribution is -2.35. The lowest BCUT2D eigenvalue weighted by atomic mass is 9.81. The van der Waals surface area contributed by atoms with Gasteiger partial charge < -0.3 is 5.73 Å². The Morgan fingerprint density at radius 3 is 2.62 bits per heavy atom. The van der Waals surface area contributed by atoms with E-state index >= 15 is 0 Å². The van der Waals surface area contributed by atoms with Gasteiger partial charge in [-0.1, -0.05) is 25.4 Å². The Bertz CT molecular complexity index is 258. The first-order valence-electron chi connectivity index (χ1n) is 4.57. The van der Waals surface area contributed by atoms with Gasteiger partial charge in [-0.3, -0.25) is 0 Å². The second-order valence-corrected chi connectivity index (χ2v) is 4.55. The lowest BCUT2D eigenvalue weighted by molar-refractivity contribution is 0.450. The van der Waals surface area contributed by atoms with Crippen LogP contribution in [0, 0.1) is 5.92 Å². The normalized spacial score (nSPS) is 34.0. The van der Waals surface area contributed by atoms with Gasteiger partial charge in [0.15, 0.2) is 0 Å². The van der Waals surface area contributed by atoms with Crippen LogP contribution in [0.5, 0.6) is 0 Å². The number of allylic oxidation sites excluding steroid dienone is 4. The number of halogens is 2. The summed E-state index contributed by atoms with van der Waals surface area (Å²) in [5.41, 5.74) is 6.68. The molecule has 1 aliphatic rings. The SMILES string of the molecule is CCC1C(N)=CC(Cl)=CC1(Cl)CC. The third-order valence-electron chi connectivity index (χ3n) is 2.61. The van der Waals surface area contributed by atoms with Crippen molar-refractivity contribution < 1.29 is 0 Å². The molecular weight excluding hydrogens is 205 g/mol. The van der Waals surface area contributed by atoms with Gasteiger partial charge >= 0.3 is 0 Å². The van der Waals surface area contributed by atoms with E-state index in [0.717, 1.165) is 18.5 Å². The maximum Gasteiger partial charge on any atom is 0.0722 e. The largest absolute Gasteiger partial charge is 0.402 e. The molecular formula is C10H15Cl2N. The van der Waals surface area contributed by atoms with Crippen LogP contribution in [0.1, 0.15) is 26.7 Å². The van der Waals surface area contributed by atoms with Crippen molar-refractivity contribution in [3.8, 4) is 0 Å². The van der Waals surface area contributed by atoms with Gasteiger partial charge in [-0.2, -0.15) is 0 Å². The summed E-state index contributed by atoms with van der Waals surface area (Å²) in [6.45, 7) is 4.14. The van der Waals surface area contributed by atoms with Crippen LogP contribution in [-0.2, 0) is 0 Å². The third-order valence-corrected chi connectivity index (χ3v) is 3.47. The van der Waals surface area contributed by atoms with Crippen LogP contribution in [0.2, 0.25) is 0 Å². The van der Waals surface area contributed by atoms with Crippen molar-refractivity contribution >= 4 is 23.2 Å². The van der Waals surface area contributed by atoms with Gasteiger partial charge in [0.25, 0.3) is 0 Å². The lowest BCUT2D eigenvalue weighted by Gasteiger charge is -2.34. The summed E-state index contributed by atoms with van der Waals surface area (Å²) in [6.07, 6.45) is 5.49. The Morgan fingerprint density at radius 1 is 1.54 bits per heavy atom. The van der Waals surface area contributed by atoms with Crippen LogP contribution in [0.4, 0.5) is 0 Å². The van der Waals surface area contributed by atoms with Gasteiger partial charge in [-0.15, -0.1) is 11.6 Å². The van der Waals surface area contributed by atoms with Crippen molar-refractivity contribution in [2.24, 2.45) is 11.7 Å². The molecule has 0 aliphatic heterocycles. The predicted octanol–water partition coefficient (Wildman–Crippen LogP) is 3.38. The standard InChI is InChI=1S/C10H15Cl2N/c1-3-8-9(13)5-7(11)6-10(8,12)4-2/h5-6,8H,3-4,13H2,1-2H3. The molecule has 0 spiro atoms. The Kier molecular flexibility index (Phi) is 3.31. The molecule has 1 rings (SSSR count). The number of hydrogen-bond acceptors (Lipinski definition) is 1. The second-order valence-electron chi connectivity index (χ2n) is 3.41. The highest BCUT2D eigenvalue weighted by Crippen LogP contribution is 2.41. The highest BCUT2D eigenvalue weighted by molar-refractivity contribution is 6.33. The average molecular weight is 220 g/mol. The molecule has 0 amide bonds. The molecule has 3 heteroatoms. The predicted molar refractivity (Wildman–Crippen MR) is 58.9 cm³/mol. The molecule has 0 fully saturated rings. The van der Waals surface area contributed by atoms with Gasteiger partial charge in [0, 0.05) is 16.6 Å². The van der Waals surface area contributed by atoms with Crippen LogP contribution in [0.15, 0.2) is 22.9 Å². The summed E-state index contributed by atoms with van der Waals surface area (Å²) in [6, 6.07) is 0. The molecule has 0 aromatic rings. The molecule has 74 valence electrons. The second kappa shape index (κ2) is 3.93. The van der Waals surface area contributed by atoms with Crippen molar-refractivity contribution in [1.29, 1.82) is 0 Å². The van der Waals surface area contributed by atoms with Gasteiger partial charge in [0.1, 0.15) is 0 Å². The molecule has 0 aromatic heterocycles.